The summed E-state index contributed by atoms with van der Waals surface area (Å²) in [6.45, 7) is 7.93. The molecule has 1 saturated heterocycles. The maximum atomic E-state index is 12.8. The Bertz CT molecular complexity index is 1030. The minimum atomic E-state index is -0.527. The van der Waals surface area contributed by atoms with Crippen molar-refractivity contribution >= 4 is 23.7 Å². The Hall–Kier alpha value is -2.97. The molecule has 1 aliphatic heterocycles. The fraction of sp³-hybridized carbons (Fsp3) is 0.690. The molecule has 4 amide bonds. The number of hydrogen-bond donors (Lipinski definition) is 2. The molecule has 2 unspecified atom stereocenters. The van der Waals surface area contributed by atoms with Gasteiger partial charge in [0.25, 0.3) is 0 Å². The molecule has 2 N–H and O–H groups in total. The van der Waals surface area contributed by atoms with Crippen molar-refractivity contribution in [3.05, 3.63) is 24.3 Å². The number of anilines is 1. The predicted octanol–water partition coefficient (Wildman–Crippen LogP) is 4.63. The summed E-state index contributed by atoms with van der Waals surface area (Å²) in [5.74, 6) is 3.13. The first-order chi connectivity index (χ1) is 18.1. The van der Waals surface area contributed by atoms with E-state index in [0.717, 1.165) is 37.0 Å². The molecule has 0 radical (unpaired) electrons. The normalized spacial score (nSPS) is 27.8. The van der Waals surface area contributed by atoms with Gasteiger partial charge in [0.2, 0.25) is 5.91 Å². The highest BCUT2D eigenvalue weighted by atomic mass is 16.6. The Labute approximate surface area is 225 Å². The second kappa shape index (κ2) is 10.7. The molecule has 5 fully saturated rings. The van der Waals surface area contributed by atoms with Crippen molar-refractivity contribution in [3.63, 3.8) is 0 Å². The highest BCUT2D eigenvalue weighted by Crippen LogP contribution is 2.59. The number of carbonyl (C=O) groups is 3. The van der Waals surface area contributed by atoms with E-state index in [1.807, 2.05) is 45.0 Å². The largest absolute Gasteiger partial charge is 0.494 e. The third kappa shape index (κ3) is 6.35. The van der Waals surface area contributed by atoms with Gasteiger partial charge in [-0.15, -0.1) is 0 Å². The van der Waals surface area contributed by atoms with Gasteiger partial charge in [-0.25, -0.2) is 9.59 Å². The van der Waals surface area contributed by atoms with Crippen molar-refractivity contribution in [1.29, 1.82) is 0 Å². The molecule has 38 heavy (non-hydrogen) atoms. The summed E-state index contributed by atoms with van der Waals surface area (Å²) in [4.78, 5) is 41.0. The maximum Gasteiger partial charge on any atom is 0.410 e. The first-order valence-corrected chi connectivity index (χ1v) is 14.2. The van der Waals surface area contributed by atoms with Gasteiger partial charge in [-0.05, 0) is 89.2 Å². The van der Waals surface area contributed by atoms with Gasteiger partial charge in [-0.1, -0.05) is 6.07 Å². The Morgan fingerprint density at radius 3 is 2.34 bits per heavy atom. The molecule has 4 bridgehead atoms. The molecule has 1 heterocycles. The summed E-state index contributed by atoms with van der Waals surface area (Å²) in [5, 5.41) is 6.29. The van der Waals surface area contributed by atoms with Crippen LogP contribution >= 0.6 is 0 Å². The summed E-state index contributed by atoms with van der Waals surface area (Å²) in [6.07, 6.45) is 6.73. The Morgan fingerprint density at radius 2 is 1.68 bits per heavy atom. The number of benzene rings is 1. The smallest absolute Gasteiger partial charge is 0.410 e. The van der Waals surface area contributed by atoms with Gasteiger partial charge in [0.15, 0.2) is 0 Å². The van der Waals surface area contributed by atoms with Crippen molar-refractivity contribution in [3.8, 4) is 5.75 Å². The van der Waals surface area contributed by atoms with Gasteiger partial charge >= 0.3 is 12.1 Å². The van der Waals surface area contributed by atoms with Crippen LogP contribution in [-0.4, -0.2) is 71.8 Å². The molecule has 208 valence electrons. The van der Waals surface area contributed by atoms with Crippen molar-refractivity contribution in [1.82, 2.24) is 15.1 Å². The quantitative estimate of drug-likeness (QED) is 0.505. The van der Waals surface area contributed by atoms with Crippen LogP contribution in [0.25, 0.3) is 0 Å². The molecule has 9 nitrogen and oxygen atoms in total. The highest BCUT2D eigenvalue weighted by Gasteiger charge is 2.56. The van der Waals surface area contributed by atoms with Crippen LogP contribution in [0.5, 0.6) is 5.75 Å². The molecule has 9 heteroatoms. The Morgan fingerprint density at radius 1 is 1.00 bits per heavy atom. The molecule has 6 rings (SSSR count). The number of nitrogens with zero attached hydrogens (tertiary/aromatic N) is 2. The number of carbonyl (C=O) groups excluding carboxylic acids is 3. The lowest BCUT2D eigenvalue weighted by Crippen LogP contribution is -2.51. The number of hydrogen-bond acceptors (Lipinski definition) is 5. The topological polar surface area (TPSA) is 100 Å². The molecule has 0 spiro atoms. The van der Waals surface area contributed by atoms with Crippen LogP contribution in [0.2, 0.25) is 0 Å². The van der Waals surface area contributed by atoms with E-state index in [2.05, 4.69) is 10.6 Å². The monoisotopic (exact) mass is 526 g/mol. The standard InChI is InChI=1S/C29H42N4O5/c1-28(2,3)38-27(36)33-11-9-32(10-12-33)25(34)8-5-13-37-24-7-4-6-23(16-24)30-26(35)31-29-17-20-14-21(18-29)22(15-20)19-29/h4,6-7,16,20-22H,5,8-15,17-19H2,1-3H3,(H2,30,31,35). The summed E-state index contributed by atoms with van der Waals surface area (Å²) in [5.41, 5.74) is 0.162. The minimum absolute atomic E-state index is 0.0103. The van der Waals surface area contributed by atoms with E-state index in [0.29, 0.717) is 57.1 Å². The first kappa shape index (κ1) is 26.6. The van der Waals surface area contributed by atoms with Crippen molar-refractivity contribution in [2.24, 2.45) is 17.8 Å². The van der Waals surface area contributed by atoms with E-state index in [1.165, 1.54) is 12.8 Å². The molecular formula is C29H42N4O5. The van der Waals surface area contributed by atoms with Gasteiger partial charge < -0.3 is 29.9 Å². The molecule has 4 aliphatic carbocycles. The fourth-order valence-electron chi connectivity index (χ4n) is 7.07. The minimum Gasteiger partial charge on any atom is -0.494 e. The van der Waals surface area contributed by atoms with E-state index in [-0.39, 0.29) is 23.6 Å². The number of rotatable bonds is 7. The average molecular weight is 527 g/mol. The summed E-state index contributed by atoms with van der Waals surface area (Å²) >= 11 is 0. The zero-order chi connectivity index (χ0) is 26.9. The van der Waals surface area contributed by atoms with Crippen LogP contribution in [0.3, 0.4) is 0 Å². The lowest BCUT2D eigenvalue weighted by atomic mass is 9.76. The third-order valence-electron chi connectivity index (χ3n) is 8.48. The molecule has 4 saturated carbocycles. The van der Waals surface area contributed by atoms with E-state index in [9.17, 15) is 14.4 Å². The molecule has 5 aliphatic rings. The summed E-state index contributed by atoms with van der Waals surface area (Å²) < 4.78 is 11.3. The van der Waals surface area contributed by atoms with E-state index in [4.69, 9.17) is 9.47 Å². The van der Waals surface area contributed by atoms with Crippen molar-refractivity contribution in [2.75, 3.05) is 38.1 Å². The highest BCUT2D eigenvalue weighted by molar-refractivity contribution is 5.90. The second-order valence-corrected chi connectivity index (χ2v) is 12.7. The molecule has 0 aromatic heterocycles. The molecule has 2 atom stereocenters. The van der Waals surface area contributed by atoms with Crippen LogP contribution in [0.15, 0.2) is 24.3 Å². The zero-order valence-electron chi connectivity index (χ0n) is 23.0. The van der Waals surface area contributed by atoms with E-state index < -0.39 is 5.60 Å². The lowest BCUT2D eigenvalue weighted by Gasteiger charge is -2.39. The van der Waals surface area contributed by atoms with Crippen LogP contribution in [0, 0.1) is 17.8 Å². The number of nitrogens with one attached hydrogen (secondary N) is 2. The number of urea groups is 1. The SMILES string of the molecule is CC(C)(C)OC(=O)N1CCN(C(=O)CCCOc2cccc(NC(=O)NC34CC5CC(C3)C(C5)C4)c2)CC1. The van der Waals surface area contributed by atoms with Crippen LogP contribution in [0.1, 0.15) is 65.7 Å². The van der Waals surface area contributed by atoms with Crippen molar-refractivity contribution in [2.45, 2.75) is 76.9 Å². The summed E-state index contributed by atoms with van der Waals surface area (Å²) in [6, 6.07) is 7.27. The van der Waals surface area contributed by atoms with Gasteiger partial charge in [0.1, 0.15) is 11.4 Å². The number of ether oxygens (including phenoxy) is 2. The van der Waals surface area contributed by atoms with Gasteiger partial charge in [-0.2, -0.15) is 0 Å². The van der Waals surface area contributed by atoms with Gasteiger partial charge in [0, 0.05) is 49.9 Å². The lowest BCUT2D eigenvalue weighted by molar-refractivity contribution is -0.133. The third-order valence-corrected chi connectivity index (χ3v) is 8.48. The van der Waals surface area contributed by atoms with Crippen LogP contribution in [-0.2, 0) is 9.53 Å². The predicted molar refractivity (Wildman–Crippen MR) is 144 cm³/mol. The van der Waals surface area contributed by atoms with Crippen LogP contribution < -0.4 is 15.4 Å². The summed E-state index contributed by atoms with van der Waals surface area (Å²) in [7, 11) is 0. The molecule has 1 aromatic carbocycles. The second-order valence-electron chi connectivity index (χ2n) is 12.7. The first-order valence-electron chi connectivity index (χ1n) is 14.2. The maximum absolute atomic E-state index is 12.8. The van der Waals surface area contributed by atoms with E-state index >= 15 is 0 Å². The van der Waals surface area contributed by atoms with E-state index in [1.54, 1.807) is 9.80 Å². The van der Waals surface area contributed by atoms with Gasteiger partial charge in [-0.3, -0.25) is 4.79 Å². The fourth-order valence-corrected chi connectivity index (χ4v) is 7.07. The average Bonchev–Trinajstić information content (AvgIpc) is 3.26. The molecular weight excluding hydrogens is 484 g/mol. The number of amides is 4. The van der Waals surface area contributed by atoms with Gasteiger partial charge in [0.05, 0.1) is 6.61 Å². The molecule has 1 aromatic rings. The number of piperazine rings is 1. The Kier molecular flexibility index (Phi) is 7.47. The van der Waals surface area contributed by atoms with Crippen molar-refractivity contribution < 1.29 is 23.9 Å². The Balaban J connectivity index is 1.00. The van der Waals surface area contributed by atoms with Crippen LogP contribution in [0.4, 0.5) is 15.3 Å². The zero-order valence-corrected chi connectivity index (χ0v) is 23.0.